The number of ether oxygens (including phenoxy) is 2. The van der Waals surface area contributed by atoms with Crippen molar-refractivity contribution < 1.29 is 19.4 Å². The summed E-state index contributed by atoms with van der Waals surface area (Å²) in [6.45, 7) is 0.628. The summed E-state index contributed by atoms with van der Waals surface area (Å²) in [6, 6.07) is 20.6. The Morgan fingerprint density at radius 2 is 1.56 bits per heavy atom. The van der Waals surface area contributed by atoms with Gasteiger partial charge in [-0.2, -0.15) is 5.26 Å². The number of aliphatic hydroxyl groups excluding tert-OH is 1. The number of rotatable bonds is 10. The number of nitriles is 1. The predicted octanol–water partition coefficient (Wildman–Crippen LogP) is 2.63. The summed E-state index contributed by atoms with van der Waals surface area (Å²) in [4.78, 5) is 11.4. The molecule has 2 aromatic rings. The van der Waals surface area contributed by atoms with E-state index in [1.165, 1.54) is 0 Å². The third-order valence-electron chi connectivity index (χ3n) is 3.65. The second kappa shape index (κ2) is 10.4. The van der Waals surface area contributed by atoms with Crippen LogP contribution in [0.25, 0.3) is 0 Å². The van der Waals surface area contributed by atoms with Crippen molar-refractivity contribution in [3.05, 3.63) is 71.8 Å². The zero-order chi connectivity index (χ0) is 17.9. The van der Waals surface area contributed by atoms with E-state index in [9.17, 15) is 9.90 Å². The number of hydrogen-bond acceptors (Lipinski definition) is 5. The summed E-state index contributed by atoms with van der Waals surface area (Å²) in [6.07, 6.45) is -1.95. The summed E-state index contributed by atoms with van der Waals surface area (Å²) < 4.78 is 11.2. The Balaban J connectivity index is 1.86. The van der Waals surface area contributed by atoms with Crippen LogP contribution in [0.4, 0.5) is 0 Å². The van der Waals surface area contributed by atoms with Gasteiger partial charge in [0.1, 0.15) is 12.2 Å². The molecule has 0 bridgehead atoms. The summed E-state index contributed by atoms with van der Waals surface area (Å²) >= 11 is 0. The normalized spacial score (nSPS) is 13.0. The van der Waals surface area contributed by atoms with Crippen molar-refractivity contribution in [1.29, 1.82) is 5.26 Å². The van der Waals surface area contributed by atoms with Crippen molar-refractivity contribution in [3.63, 3.8) is 0 Å². The van der Waals surface area contributed by atoms with Gasteiger partial charge < -0.3 is 14.6 Å². The molecular weight excluding hydrogens is 318 g/mol. The maximum absolute atomic E-state index is 11.4. The Hall–Kier alpha value is -2.52. The van der Waals surface area contributed by atoms with Crippen LogP contribution in [0.5, 0.6) is 0 Å². The molecule has 2 rings (SSSR count). The predicted molar refractivity (Wildman–Crippen MR) is 92.4 cm³/mol. The van der Waals surface area contributed by atoms with Crippen LogP contribution < -0.4 is 0 Å². The minimum atomic E-state index is -0.996. The standard InChI is InChI=1S/C20H21NO4/c21-12-18(22)11-20(25-14-17-9-5-2-6-10-17)19(23)15-24-13-16-7-3-1-4-8-16/h1-10,19-20,23H,11,13-15H2/t19-,20+/m1/s1. The molecule has 2 aromatic carbocycles. The van der Waals surface area contributed by atoms with Crippen LogP contribution in [-0.2, 0) is 27.5 Å². The smallest absolute Gasteiger partial charge is 0.234 e. The van der Waals surface area contributed by atoms with Crippen LogP contribution in [0.2, 0.25) is 0 Å². The number of carbonyl (C=O) groups is 1. The van der Waals surface area contributed by atoms with Crippen molar-refractivity contribution in [2.24, 2.45) is 0 Å². The number of hydrogen-bond donors (Lipinski definition) is 1. The first-order valence-corrected chi connectivity index (χ1v) is 8.07. The third kappa shape index (κ3) is 6.86. The number of ketones is 1. The topological polar surface area (TPSA) is 79.6 Å². The number of benzene rings is 2. The Kier molecular flexibility index (Phi) is 7.80. The van der Waals surface area contributed by atoms with Gasteiger partial charge in [-0.05, 0) is 11.1 Å². The molecule has 0 radical (unpaired) electrons. The minimum Gasteiger partial charge on any atom is -0.388 e. The third-order valence-corrected chi connectivity index (χ3v) is 3.65. The quantitative estimate of drug-likeness (QED) is 0.673. The van der Waals surface area contributed by atoms with Gasteiger partial charge in [-0.15, -0.1) is 0 Å². The first kappa shape index (κ1) is 18.8. The van der Waals surface area contributed by atoms with Gasteiger partial charge in [0, 0.05) is 6.42 Å². The van der Waals surface area contributed by atoms with Crippen LogP contribution in [0.3, 0.4) is 0 Å². The summed E-state index contributed by atoms with van der Waals surface area (Å²) in [5, 5.41) is 19.0. The lowest BCUT2D eigenvalue weighted by Crippen LogP contribution is -2.34. The van der Waals surface area contributed by atoms with E-state index in [4.69, 9.17) is 14.7 Å². The molecular formula is C20H21NO4. The minimum absolute atomic E-state index is 0.0209. The molecule has 5 heteroatoms. The summed E-state index contributed by atoms with van der Waals surface area (Å²) in [5.41, 5.74) is 1.92. The van der Waals surface area contributed by atoms with E-state index in [0.717, 1.165) is 11.1 Å². The Morgan fingerprint density at radius 3 is 2.12 bits per heavy atom. The van der Waals surface area contributed by atoms with Crippen LogP contribution in [0.15, 0.2) is 60.7 Å². The molecule has 0 heterocycles. The van der Waals surface area contributed by atoms with Gasteiger partial charge in [0.25, 0.3) is 0 Å². The molecule has 25 heavy (non-hydrogen) atoms. The second-order valence-electron chi connectivity index (χ2n) is 5.64. The fourth-order valence-corrected chi connectivity index (χ4v) is 2.29. The SMILES string of the molecule is N#CC(=O)C[C@H](OCc1ccccc1)[C@H](O)COCc1ccccc1. The van der Waals surface area contributed by atoms with Crippen LogP contribution >= 0.6 is 0 Å². The van der Waals surface area contributed by atoms with Crippen LogP contribution in [-0.4, -0.2) is 29.7 Å². The Bertz CT molecular complexity index is 682. The monoisotopic (exact) mass is 339 g/mol. The lowest BCUT2D eigenvalue weighted by molar-refractivity contribution is -0.123. The maximum Gasteiger partial charge on any atom is 0.234 e. The van der Waals surface area contributed by atoms with E-state index in [1.54, 1.807) is 6.07 Å². The molecule has 0 aromatic heterocycles. The molecule has 0 fully saturated rings. The highest BCUT2D eigenvalue weighted by molar-refractivity contribution is 5.93. The zero-order valence-corrected chi connectivity index (χ0v) is 13.9. The molecule has 130 valence electrons. The highest BCUT2D eigenvalue weighted by Gasteiger charge is 2.23. The summed E-state index contributed by atoms with van der Waals surface area (Å²) in [7, 11) is 0. The van der Waals surface area contributed by atoms with E-state index in [0.29, 0.717) is 6.61 Å². The Labute approximate surface area is 147 Å². The van der Waals surface area contributed by atoms with Crippen molar-refractivity contribution in [2.75, 3.05) is 6.61 Å². The summed E-state index contributed by atoms with van der Waals surface area (Å²) in [5.74, 6) is -0.625. The lowest BCUT2D eigenvalue weighted by Gasteiger charge is -2.22. The van der Waals surface area contributed by atoms with E-state index >= 15 is 0 Å². The molecule has 2 atom stereocenters. The molecule has 0 saturated heterocycles. The van der Waals surface area contributed by atoms with Crippen molar-refractivity contribution >= 4 is 5.78 Å². The molecule has 1 N–H and O–H groups in total. The van der Waals surface area contributed by atoms with Gasteiger partial charge in [-0.25, -0.2) is 0 Å². The van der Waals surface area contributed by atoms with Crippen molar-refractivity contribution in [3.8, 4) is 6.07 Å². The average molecular weight is 339 g/mol. The highest BCUT2D eigenvalue weighted by Crippen LogP contribution is 2.12. The van der Waals surface area contributed by atoms with Gasteiger partial charge in [-0.3, -0.25) is 4.79 Å². The second-order valence-corrected chi connectivity index (χ2v) is 5.64. The van der Waals surface area contributed by atoms with Gasteiger partial charge >= 0.3 is 0 Å². The Morgan fingerprint density at radius 1 is 1.00 bits per heavy atom. The van der Waals surface area contributed by atoms with Gasteiger partial charge in [0.05, 0.1) is 25.9 Å². The molecule has 0 aliphatic heterocycles. The largest absolute Gasteiger partial charge is 0.388 e. The molecule has 0 saturated carbocycles. The molecule has 0 amide bonds. The fraction of sp³-hybridized carbons (Fsp3) is 0.300. The molecule has 0 aliphatic carbocycles. The first-order chi connectivity index (χ1) is 12.2. The number of Topliss-reactive ketones (excluding diaryl/α,β-unsaturated/α-hetero) is 1. The maximum atomic E-state index is 11.4. The highest BCUT2D eigenvalue weighted by atomic mass is 16.5. The zero-order valence-electron chi connectivity index (χ0n) is 13.9. The van der Waals surface area contributed by atoms with Crippen molar-refractivity contribution in [1.82, 2.24) is 0 Å². The van der Waals surface area contributed by atoms with Gasteiger partial charge in [0.15, 0.2) is 0 Å². The van der Waals surface area contributed by atoms with E-state index in [2.05, 4.69) is 0 Å². The number of aliphatic hydroxyl groups is 1. The van der Waals surface area contributed by atoms with E-state index in [-0.39, 0.29) is 19.6 Å². The first-order valence-electron chi connectivity index (χ1n) is 8.07. The molecule has 0 spiro atoms. The van der Waals surface area contributed by atoms with E-state index < -0.39 is 18.0 Å². The van der Waals surface area contributed by atoms with Crippen molar-refractivity contribution in [2.45, 2.75) is 31.8 Å². The molecule has 0 unspecified atom stereocenters. The fourth-order valence-electron chi connectivity index (χ4n) is 2.29. The number of nitrogens with zero attached hydrogens (tertiary/aromatic N) is 1. The molecule has 5 nitrogen and oxygen atoms in total. The lowest BCUT2D eigenvalue weighted by atomic mass is 10.1. The van der Waals surface area contributed by atoms with Gasteiger partial charge in [0.2, 0.25) is 5.78 Å². The molecule has 0 aliphatic rings. The van der Waals surface area contributed by atoms with Gasteiger partial charge in [-0.1, -0.05) is 60.7 Å². The van der Waals surface area contributed by atoms with E-state index in [1.807, 2.05) is 60.7 Å². The van der Waals surface area contributed by atoms with Crippen LogP contribution in [0.1, 0.15) is 17.5 Å². The average Bonchev–Trinajstić information content (AvgIpc) is 2.66. The number of carbonyl (C=O) groups excluding carboxylic acids is 1. The van der Waals surface area contributed by atoms with Crippen LogP contribution in [0, 0.1) is 11.3 Å².